The number of hydrogen-bond acceptors (Lipinski definition) is 2. The Kier molecular flexibility index (Phi) is 3.28. The van der Waals surface area contributed by atoms with Crippen LogP contribution in [0.4, 0.5) is 0 Å². The van der Waals surface area contributed by atoms with Crippen LogP contribution in [-0.4, -0.2) is 10.9 Å². The van der Waals surface area contributed by atoms with Crippen molar-refractivity contribution in [3.63, 3.8) is 0 Å². The summed E-state index contributed by atoms with van der Waals surface area (Å²) in [7, 11) is 0. The fourth-order valence-corrected chi connectivity index (χ4v) is 3.86. The molecule has 2 nitrogen and oxygen atoms in total. The lowest BCUT2D eigenvalue weighted by molar-refractivity contribution is -0.134. The number of carbonyl (C=O) groups excluding carboxylic acids is 1. The van der Waals surface area contributed by atoms with Crippen LogP contribution in [0.2, 0.25) is 0 Å². The molecule has 0 aliphatic heterocycles. The zero-order valence-corrected chi connectivity index (χ0v) is 11.1. The Bertz CT molecular complexity index is 491. The summed E-state index contributed by atoms with van der Waals surface area (Å²) < 4.78 is 0. The summed E-state index contributed by atoms with van der Waals surface area (Å²) in [5, 5.41) is 10.6. The minimum Gasteiger partial charge on any atom is -0.388 e. The van der Waals surface area contributed by atoms with Gasteiger partial charge < -0.3 is 5.11 Å². The number of aliphatic hydroxyl groups excluding tert-OH is 1. The molecule has 2 fully saturated rings. The van der Waals surface area contributed by atoms with Crippen LogP contribution in [0.5, 0.6) is 0 Å². The Morgan fingerprint density at radius 1 is 1.16 bits per heavy atom. The van der Waals surface area contributed by atoms with E-state index < -0.39 is 6.10 Å². The highest BCUT2D eigenvalue weighted by Crippen LogP contribution is 2.47. The van der Waals surface area contributed by atoms with Crippen molar-refractivity contribution in [2.75, 3.05) is 0 Å². The fraction of sp³-hybridized carbons (Fsp3) is 0.471. The smallest absolute Gasteiger partial charge is 0.139 e. The van der Waals surface area contributed by atoms with E-state index in [4.69, 9.17) is 0 Å². The van der Waals surface area contributed by atoms with Crippen LogP contribution in [0.3, 0.4) is 0 Å². The molecule has 2 aliphatic rings. The number of hydrogen-bond donors (Lipinski definition) is 1. The normalized spacial score (nSPS) is 32.2. The summed E-state index contributed by atoms with van der Waals surface area (Å²) in [6.07, 6.45) is 2.92. The van der Waals surface area contributed by atoms with Gasteiger partial charge in [0.15, 0.2) is 0 Å². The third-order valence-electron chi connectivity index (χ3n) is 4.62. The lowest BCUT2D eigenvalue weighted by atomic mass is 9.63. The van der Waals surface area contributed by atoms with E-state index in [0.29, 0.717) is 12.3 Å². The molecule has 100 valence electrons. The molecule has 0 saturated heterocycles. The van der Waals surface area contributed by atoms with Crippen LogP contribution in [0.15, 0.2) is 42.5 Å². The molecular weight excluding hydrogens is 236 g/mol. The third-order valence-corrected chi connectivity index (χ3v) is 4.62. The van der Waals surface area contributed by atoms with E-state index in [1.165, 1.54) is 5.57 Å². The van der Waals surface area contributed by atoms with Crippen LogP contribution in [-0.2, 0) is 4.79 Å². The maximum absolute atomic E-state index is 12.3. The van der Waals surface area contributed by atoms with Gasteiger partial charge in [-0.3, -0.25) is 4.79 Å². The first-order chi connectivity index (χ1) is 9.15. The molecule has 2 saturated carbocycles. The van der Waals surface area contributed by atoms with Gasteiger partial charge in [-0.2, -0.15) is 0 Å². The number of allylic oxidation sites excluding steroid dienone is 1. The van der Waals surface area contributed by atoms with Crippen LogP contribution < -0.4 is 0 Å². The molecule has 1 aromatic carbocycles. The van der Waals surface area contributed by atoms with Gasteiger partial charge in [0, 0.05) is 6.42 Å². The molecule has 0 radical (unpaired) electrons. The van der Waals surface area contributed by atoms with Crippen molar-refractivity contribution in [2.45, 2.75) is 31.8 Å². The lowest BCUT2D eigenvalue weighted by Gasteiger charge is -2.42. The number of benzene rings is 1. The number of fused-ring (bicyclic) bond motifs is 2. The average Bonchev–Trinajstić information content (AvgIpc) is 2.38. The Morgan fingerprint density at radius 3 is 2.63 bits per heavy atom. The van der Waals surface area contributed by atoms with E-state index in [0.717, 1.165) is 24.8 Å². The minimum absolute atomic E-state index is 0.240. The van der Waals surface area contributed by atoms with E-state index in [9.17, 15) is 9.90 Å². The maximum atomic E-state index is 12.3. The first-order valence-corrected chi connectivity index (χ1v) is 7.07. The maximum Gasteiger partial charge on any atom is 0.139 e. The second kappa shape index (κ2) is 4.93. The Hall–Kier alpha value is -1.41. The predicted octanol–water partition coefficient (Wildman–Crippen LogP) is 3.28. The van der Waals surface area contributed by atoms with Crippen molar-refractivity contribution in [3.8, 4) is 0 Å². The zero-order chi connectivity index (χ0) is 13.4. The minimum atomic E-state index is -0.662. The van der Waals surface area contributed by atoms with Gasteiger partial charge in [-0.25, -0.2) is 0 Å². The van der Waals surface area contributed by atoms with Gasteiger partial charge in [0.1, 0.15) is 5.78 Å². The number of carbonyl (C=O) groups is 1. The van der Waals surface area contributed by atoms with Crippen molar-refractivity contribution in [3.05, 3.63) is 48.0 Å². The van der Waals surface area contributed by atoms with Gasteiger partial charge in [-0.15, -0.1) is 0 Å². The molecule has 4 atom stereocenters. The van der Waals surface area contributed by atoms with Gasteiger partial charge in [0.25, 0.3) is 0 Å². The van der Waals surface area contributed by atoms with Gasteiger partial charge in [-0.05, 0) is 36.7 Å². The molecule has 2 bridgehead atoms. The highest BCUT2D eigenvalue weighted by Gasteiger charge is 2.43. The van der Waals surface area contributed by atoms with Crippen LogP contribution in [0, 0.1) is 17.8 Å². The fourth-order valence-electron chi connectivity index (χ4n) is 3.86. The molecule has 0 amide bonds. The summed E-state index contributed by atoms with van der Waals surface area (Å²) in [5.41, 5.74) is 2.11. The first-order valence-electron chi connectivity index (χ1n) is 7.07. The third kappa shape index (κ3) is 2.37. The van der Waals surface area contributed by atoms with Crippen molar-refractivity contribution in [1.29, 1.82) is 0 Å². The van der Waals surface area contributed by atoms with Gasteiger partial charge in [-0.1, -0.05) is 42.5 Å². The summed E-state index contributed by atoms with van der Waals surface area (Å²) >= 11 is 0. The number of ketones is 1. The average molecular weight is 256 g/mol. The molecule has 3 unspecified atom stereocenters. The van der Waals surface area contributed by atoms with Crippen LogP contribution >= 0.6 is 0 Å². The largest absolute Gasteiger partial charge is 0.388 e. The van der Waals surface area contributed by atoms with Crippen molar-refractivity contribution in [1.82, 2.24) is 0 Å². The zero-order valence-electron chi connectivity index (χ0n) is 11.1. The molecule has 0 aromatic heterocycles. The second-order valence-corrected chi connectivity index (χ2v) is 6.07. The molecular formula is C17H20O2. The highest BCUT2D eigenvalue weighted by atomic mass is 16.3. The standard InChI is InChI=1S/C17H20O2/c1-11-7-12-9-14(8-11)16(15(18)10-12)17(19)13-5-3-2-4-6-13/h2-6,12,14,16-17,19H,1,7-10H2/t12?,14?,16?,17-/m1/s1. The predicted molar refractivity (Wildman–Crippen MR) is 74.5 cm³/mol. The first kappa shape index (κ1) is 12.6. The van der Waals surface area contributed by atoms with Gasteiger partial charge in [0.2, 0.25) is 0 Å². The quantitative estimate of drug-likeness (QED) is 0.824. The molecule has 3 rings (SSSR count). The molecule has 0 heterocycles. The van der Waals surface area contributed by atoms with E-state index in [2.05, 4.69) is 6.58 Å². The molecule has 1 aromatic rings. The van der Waals surface area contributed by atoms with E-state index >= 15 is 0 Å². The van der Waals surface area contributed by atoms with Crippen molar-refractivity contribution < 1.29 is 9.90 Å². The van der Waals surface area contributed by atoms with E-state index in [1.54, 1.807) is 0 Å². The number of aliphatic hydroxyl groups is 1. The van der Waals surface area contributed by atoms with Crippen LogP contribution in [0.1, 0.15) is 37.4 Å². The summed E-state index contributed by atoms with van der Waals surface area (Å²) in [6, 6.07) is 9.56. The van der Waals surface area contributed by atoms with Crippen molar-refractivity contribution >= 4 is 5.78 Å². The Morgan fingerprint density at radius 2 is 1.89 bits per heavy atom. The van der Waals surface area contributed by atoms with Crippen LogP contribution in [0.25, 0.3) is 0 Å². The number of Topliss-reactive ketones (excluding diaryl/α,β-unsaturated/α-hetero) is 1. The van der Waals surface area contributed by atoms with E-state index in [-0.39, 0.29) is 17.6 Å². The molecule has 2 heteroatoms. The molecule has 1 N–H and O–H groups in total. The van der Waals surface area contributed by atoms with Crippen molar-refractivity contribution in [2.24, 2.45) is 17.8 Å². The van der Waals surface area contributed by atoms with Gasteiger partial charge >= 0.3 is 0 Å². The monoisotopic (exact) mass is 256 g/mol. The van der Waals surface area contributed by atoms with Gasteiger partial charge in [0.05, 0.1) is 12.0 Å². The topological polar surface area (TPSA) is 37.3 Å². The Labute approximate surface area is 114 Å². The second-order valence-electron chi connectivity index (χ2n) is 6.07. The van der Waals surface area contributed by atoms with E-state index in [1.807, 2.05) is 30.3 Å². The summed E-state index contributed by atoms with van der Waals surface area (Å²) in [4.78, 5) is 12.3. The Balaban J connectivity index is 1.86. The molecule has 19 heavy (non-hydrogen) atoms. The number of rotatable bonds is 2. The molecule has 2 aliphatic carbocycles. The summed E-state index contributed by atoms with van der Waals surface area (Å²) in [5.74, 6) is 0.751. The highest BCUT2D eigenvalue weighted by molar-refractivity contribution is 5.83. The SMILES string of the molecule is C=C1CC2CC(=O)C([C@H](O)c3ccccc3)C(C1)C2. The lowest BCUT2D eigenvalue weighted by Crippen LogP contribution is -2.39. The molecule has 0 spiro atoms. The summed E-state index contributed by atoms with van der Waals surface area (Å²) in [6.45, 7) is 4.10.